The molecule has 0 saturated carbocycles. The highest BCUT2D eigenvalue weighted by molar-refractivity contribution is 5.85. The fraction of sp³-hybridized carbons (Fsp3) is 0.533. The lowest BCUT2D eigenvalue weighted by atomic mass is 10.1. The minimum atomic E-state index is -0.0635. The SMILES string of the molecule is CC(N)CCC(=O)NC(C)c1ccc2c(c1)OCCO2.Cl. The normalized spacial score (nSPS) is 15.6. The molecule has 1 amide bonds. The van der Waals surface area contributed by atoms with Crippen molar-refractivity contribution >= 4 is 18.3 Å². The first-order chi connectivity index (χ1) is 9.56. The minimum absolute atomic E-state index is 0. The van der Waals surface area contributed by atoms with Gasteiger partial charge in [0, 0.05) is 12.5 Å². The summed E-state index contributed by atoms with van der Waals surface area (Å²) in [6.45, 7) is 4.99. The first-order valence-corrected chi connectivity index (χ1v) is 7.00. The van der Waals surface area contributed by atoms with Crippen molar-refractivity contribution in [3.05, 3.63) is 23.8 Å². The summed E-state index contributed by atoms with van der Waals surface area (Å²) in [6, 6.07) is 5.74. The number of amides is 1. The number of nitrogens with two attached hydrogens (primary N) is 1. The van der Waals surface area contributed by atoms with Gasteiger partial charge in [0.05, 0.1) is 6.04 Å². The number of hydrogen-bond donors (Lipinski definition) is 2. The summed E-state index contributed by atoms with van der Waals surface area (Å²) in [4.78, 5) is 11.8. The molecule has 2 atom stereocenters. The fourth-order valence-corrected chi connectivity index (χ4v) is 2.09. The number of carbonyl (C=O) groups excluding carboxylic acids is 1. The molecule has 0 saturated heterocycles. The summed E-state index contributed by atoms with van der Waals surface area (Å²) in [6.07, 6.45) is 1.15. The van der Waals surface area contributed by atoms with Crippen molar-refractivity contribution in [2.45, 2.75) is 38.8 Å². The van der Waals surface area contributed by atoms with Gasteiger partial charge in [0.2, 0.25) is 5.91 Å². The average Bonchev–Trinajstić information content (AvgIpc) is 2.44. The van der Waals surface area contributed by atoms with E-state index in [1.807, 2.05) is 32.0 Å². The van der Waals surface area contributed by atoms with Crippen LogP contribution in [0.3, 0.4) is 0 Å². The second-order valence-corrected chi connectivity index (χ2v) is 5.21. The Kier molecular flexibility index (Phi) is 6.78. The highest BCUT2D eigenvalue weighted by Crippen LogP contribution is 2.32. The van der Waals surface area contributed by atoms with Gasteiger partial charge in [-0.2, -0.15) is 0 Å². The van der Waals surface area contributed by atoms with E-state index in [1.54, 1.807) is 0 Å². The molecule has 0 radical (unpaired) electrons. The number of rotatable bonds is 5. The zero-order valence-corrected chi connectivity index (χ0v) is 13.2. The molecule has 0 fully saturated rings. The predicted octanol–water partition coefficient (Wildman–Crippen LogP) is 2.18. The van der Waals surface area contributed by atoms with Crippen molar-refractivity contribution in [2.24, 2.45) is 5.73 Å². The van der Waals surface area contributed by atoms with Crippen LogP contribution in [-0.4, -0.2) is 25.2 Å². The van der Waals surface area contributed by atoms with E-state index in [-0.39, 0.29) is 30.4 Å². The van der Waals surface area contributed by atoms with Crippen molar-refractivity contribution in [1.29, 1.82) is 0 Å². The van der Waals surface area contributed by atoms with E-state index in [9.17, 15) is 4.79 Å². The Balaban J connectivity index is 0.00000220. The quantitative estimate of drug-likeness (QED) is 0.873. The molecule has 0 aromatic heterocycles. The molecule has 2 unspecified atom stereocenters. The lowest BCUT2D eigenvalue weighted by Crippen LogP contribution is -2.28. The summed E-state index contributed by atoms with van der Waals surface area (Å²) in [5, 5.41) is 2.97. The maximum absolute atomic E-state index is 11.8. The Hall–Kier alpha value is -1.46. The summed E-state index contributed by atoms with van der Waals surface area (Å²) < 4.78 is 11.0. The topological polar surface area (TPSA) is 73.6 Å². The molecule has 21 heavy (non-hydrogen) atoms. The average molecular weight is 315 g/mol. The summed E-state index contributed by atoms with van der Waals surface area (Å²) in [5.41, 5.74) is 6.65. The van der Waals surface area contributed by atoms with Gasteiger partial charge in [-0.15, -0.1) is 12.4 Å². The number of nitrogens with one attached hydrogen (secondary N) is 1. The van der Waals surface area contributed by atoms with Gasteiger partial charge in [-0.1, -0.05) is 6.07 Å². The molecule has 5 nitrogen and oxygen atoms in total. The standard InChI is InChI=1S/C15H22N2O3.ClH/c1-10(16)3-6-15(18)17-11(2)12-4-5-13-14(9-12)20-8-7-19-13;/h4-5,9-11H,3,6-8,16H2,1-2H3,(H,17,18);1H. The van der Waals surface area contributed by atoms with Crippen molar-refractivity contribution in [2.75, 3.05) is 13.2 Å². The molecule has 0 bridgehead atoms. The van der Waals surface area contributed by atoms with Gasteiger partial charge in [0.1, 0.15) is 13.2 Å². The number of benzene rings is 1. The third kappa shape index (κ3) is 5.10. The van der Waals surface area contributed by atoms with Crippen LogP contribution in [0.2, 0.25) is 0 Å². The molecule has 0 aliphatic carbocycles. The first-order valence-electron chi connectivity index (χ1n) is 7.00. The van der Waals surface area contributed by atoms with Gasteiger partial charge in [-0.05, 0) is 38.0 Å². The van der Waals surface area contributed by atoms with E-state index in [1.165, 1.54) is 0 Å². The number of carbonyl (C=O) groups is 1. The van der Waals surface area contributed by atoms with E-state index in [0.717, 1.165) is 17.1 Å². The summed E-state index contributed by atoms with van der Waals surface area (Å²) >= 11 is 0. The lowest BCUT2D eigenvalue weighted by molar-refractivity contribution is -0.121. The maximum atomic E-state index is 11.8. The van der Waals surface area contributed by atoms with Gasteiger partial charge in [-0.3, -0.25) is 4.79 Å². The minimum Gasteiger partial charge on any atom is -0.486 e. The highest BCUT2D eigenvalue weighted by Gasteiger charge is 2.15. The largest absolute Gasteiger partial charge is 0.486 e. The molecule has 1 aromatic rings. The van der Waals surface area contributed by atoms with Crippen LogP contribution in [-0.2, 0) is 4.79 Å². The van der Waals surface area contributed by atoms with E-state index in [2.05, 4.69) is 5.32 Å². The molecule has 1 aromatic carbocycles. The second kappa shape index (κ2) is 8.10. The summed E-state index contributed by atoms with van der Waals surface area (Å²) in [5.74, 6) is 1.52. The Morgan fingerprint density at radius 1 is 1.29 bits per heavy atom. The van der Waals surface area contributed by atoms with Crippen LogP contribution in [0.5, 0.6) is 11.5 Å². The number of hydrogen-bond acceptors (Lipinski definition) is 4. The lowest BCUT2D eigenvalue weighted by Gasteiger charge is -2.21. The van der Waals surface area contributed by atoms with E-state index >= 15 is 0 Å². The molecule has 118 valence electrons. The number of fused-ring (bicyclic) bond motifs is 1. The number of ether oxygens (including phenoxy) is 2. The third-order valence-corrected chi connectivity index (χ3v) is 3.27. The third-order valence-electron chi connectivity index (χ3n) is 3.27. The molecule has 1 aliphatic heterocycles. The maximum Gasteiger partial charge on any atom is 0.220 e. The van der Waals surface area contributed by atoms with Gasteiger partial charge < -0.3 is 20.5 Å². The molecule has 1 heterocycles. The van der Waals surface area contributed by atoms with Crippen LogP contribution in [0.4, 0.5) is 0 Å². The van der Waals surface area contributed by atoms with Gasteiger partial charge in [0.15, 0.2) is 11.5 Å². The fourth-order valence-electron chi connectivity index (χ4n) is 2.09. The van der Waals surface area contributed by atoms with Crippen LogP contribution < -0.4 is 20.5 Å². The zero-order valence-electron chi connectivity index (χ0n) is 12.4. The Morgan fingerprint density at radius 3 is 2.62 bits per heavy atom. The molecular weight excluding hydrogens is 292 g/mol. The molecule has 0 spiro atoms. The van der Waals surface area contributed by atoms with Crippen LogP contribution in [0, 0.1) is 0 Å². The van der Waals surface area contributed by atoms with E-state index in [0.29, 0.717) is 26.1 Å². The molecule has 3 N–H and O–H groups in total. The first kappa shape index (κ1) is 17.6. The molecule has 2 rings (SSSR count). The number of halogens is 1. The Morgan fingerprint density at radius 2 is 1.95 bits per heavy atom. The Labute approximate surface area is 131 Å². The zero-order chi connectivity index (χ0) is 14.5. The van der Waals surface area contributed by atoms with Gasteiger partial charge in [-0.25, -0.2) is 0 Å². The van der Waals surface area contributed by atoms with Crippen LogP contribution in [0.1, 0.15) is 38.3 Å². The smallest absolute Gasteiger partial charge is 0.220 e. The van der Waals surface area contributed by atoms with Crippen LogP contribution in [0.25, 0.3) is 0 Å². The highest BCUT2D eigenvalue weighted by atomic mass is 35.5. The van der Waals surface area contributed by atoms with E-state index in [4.69, 9.17) is 15.2 Å². The van der Waals surface area contributed by atoms with E-state index < -0.39 is 0 Å². The Bertz CT molecular complexity index is 480. The second-order valence-electron chi connectivity index (χ2n) is 5.21. The summed E-state index contributed by atoms with van der Waals surface area (Å²) in [7, 11) is 0. The molecule has 1 aliphatic rings. The predicted molar refractivity (Wildman–Crippen MR) is 84.1 cm³/mol. The van der Waals surface area contributed by atoms with Crippen LogP contribution in [0.15, 0.2) is 18.2 Å². The van der Waals surface area contributed by atoms with Crippen molar-refractivity contribution in [3.8, 4) is 11.5 Å². The van der Waals surface area contributed by atoms with Gasteiger partial charge in [0.25, 0.3) is 0 Å². The van der Waals surface area contributed by atoms with Crippen molar-refractivity contribution in [3.63, 3.8) is 0 Å². The molecular formula is C15H23ClN2O3. The van der Waals surface area contributed by atoms with Crippen molar-refractivity contribution < 1.29 is 14.3 Å². The van der Waals surface area contributed by atoms with Crippen LogP contribution >= 0.6 is 12.4 Å². The monoisotopic (exact) mass is 314 g/mol. The van der Waals surface area contributed by atoms with Crippen molar-refractivity contribution in [1.82, 2.24) is 5.32 Å². The van der Waals surface area contributed by atoms with Gasteiger partial charge >= 0.3 is 0 Å². The molecule has 6 heteroatoms.